The molecule has 7 aromatic heterocycles. The van der Waals surface area contributed by atoms with Crippen molar-refractivity contribution < 1.29 is 28.6 Å². The number of carbonyl (C=O) groups excluding carboxylic acids is 3. The van der Waals surface area contributed by atoms with Gasteiger partial charge in [0.2, 0.25) is 0 Å². The van der Waals surface area contributed by atoms with Crippen LogP contribution in [-0.4, -0.2) is 105 Å². The summed E-state index contributed by atoms with van der Waals surface area (Å²) in [5.41, 5.74) is 38.0. The molecule has 0 aliphatic rings. The van der Waals surface area contributed by atoms with E-state index < -0.39 is 78.5 Å². The molecule has 18 N–H and O–H groups in total. The third-order valence-electron chi connectivity index (χ3n) is 18.6. The number of fused-ring (bicyclic) bond motifs is 7. The monoisotopic (exact) mass is 1770 g/mol. The molecule has 0 bridgehead atoms. The van der Waals surface area contributed by atoms with E-state index in [1.807, 2.05) is 112 Å². The van der Waals surface area contributed by atoms with E-state index in [0.29, 0.717) is 47.3 Å². The van der Waals surface area contributed by atoms with Gasteiger partial charge in [-0.25, -0.2) is 33.1 Å². The standard InChI is InChI=1S/2C17H18N4O4.C13H17N3O2.2C12H10N4O2.2C8H5N3.2ClH/c1-17(2,3)25-16(24)19-7-9-4-5-10-8-21(20-11(10)6-9)13-12(18)14(22)15(13)23;1-17(2,3)25-16(24)19-7-9-4-5-10-8-20-21(11(10)6-9)13-12(18)14(22)15(13)23;1-13(2,3)18-12(17)14-7-9-4-5-10-8-15-16-11(10)6-9;13-4-6-1-2-7-5-16(15-8(7)3-6)10-9(14)11(17)12(10)18;13-4-6-1-2-7-5-15-16(8(7)3-6)10-9(14)11(17)12(10)18;2*9-4-6-1-2-7-5-10-11-8(7)3-6;;/h2*4-6,8H,7,18H2,1-3H3,(H,19,24);4-6,8H,7H2,1-3H3,(H,14,17)(H,15,16);2*1-3,5H,4,13-14H2;2*1-3,5H,(H,10,11);2*1H. The van der Waals surface area contributed by atoms with Gasteiger partial charge in [-0.1, -0.05) is 60.7 Å². The maximum Gasteiger partial charge on any atom is 0.407 e. The Labute approximate surface area is 735 Å². The topological polar surface area (TPSA) is 613 Å². The highest BCUT2D eigenvalue weighted by molar-refractivity contribution is 5.87. The first-order valence-corrected chi connectivity index (χ1v) is 38.5. The van der Waals surface area contributed by atoms with Crippen LogP contribution in [0.3, 0.4) is 0 Å². The molecule has 39 nitrogen and oxygen atoms in total. The molecule has 11 aromatic carbocycles. The normalized spacial score (nSPS) is 11.1. The van der Waals surface area contributed by atoms with Gasteiger partial charge < -0.3 is 64.6 Å². The number of nitriles is 2. The zero-order valence-electron chi connectivity index (χ0n) is 70.0. The zero-order chi connectivity index (χ0) is 91.0. The number of hydrogen-bond acceptors (Lipinski definition) is 29. The lowest BCUT2D eigenvalue weighted by Crippen LogP contribution is -2.38. The van der Waals surface area contributed by atoms with Crippen molar-refractivity contribution in [3.8, 4) is 34.9 Å². The number of H-pyrrole nitrogens is 3. The second-order valence-corrected chi connectivity index (χ2v) is 31.3. The molecule has 18 aromatic rings. The SMILES string of the molecule is CC(C)(C)OC(=O)NCc1ccc2cn(-c3c(N)c(=O)c3=O)nc2c1.CC(C)(C)OC(=O)NCc1ccc2cn[nH]c2c1.CC(C)(C)OC(=O)NCc1ccc2cnn(-c3c(N)c(=O)c3=O)c2c1.Cl.Cl.N#Cc1ccc2cn[nH]c2c1.N#Cc1ccc2cn[nH]c2c1.NCc1ccc2cn(-c3c(N)c(=O)c3=O)nc2c1.NCc1ccc2cnn(-c3c(N)c(=O)c3=O)c2c1. The van der Waals surface area contributed by atoms with Crippen molar-refractivity contribution in [3.63, 3.8) is 0 Å². The van der Waals surface area contributed by atoms with E-state index in [0.717, 1.165) is 87.6 Å². The van der Waals surface area contributed by atoms with E-state index in [-0.39, 0.29) is 83.4 Å². The van der Waals surface area contributed by atoms with E-state index in [1.165, 1.54) is 18.7 Å². The second-order valence-electron chi connectivity index (χ2n) is 31.3. The fraction of sp³-hybridized carbons (Fsp3) is 0.195. The Morgan fingerprint density at radius 2 is 0.664 bits per heavy atom. The molecule has 41 heteroatoms. The van der Waals surface area contributed by atoms with Crippen LogP contribution >= 0.6 is 24.8 Å². The van der Waals surface area contributed by atoms with Gasteiger partial charge in [0, 0.05) is 82.8 Å². The number of nitrogens with zero attached hydrogens (tertiary/aromatic N) is 13. The number of anilines is 4. The summed E-state index contributed by atoms with van der Waals surface area (Å²) in [6.07, 6.45) is 10.3. The summed E-state index contributed by atoms with van der Waals surface area (Å²) in [7, 11) is 0. The maximum atomic E-state index is 11.7. The highest BCUT2D eigenvalue weighted by Crippen LogP contribution is 2.26. The third-order valence-corrected chi connectivity index (χ3v) is 18.6. The minimum Gasteiger partial charge on any atom is -0.444 e. The summed E-state index contributed by atoms with van der Waals surface area (Å²) in [5.74, 6) is 0. The van der Waals surface area contributed by atoms with Gasteiger partial charge in [0.25, 0.3) is 43.4 Å². The van der Waals surface area contributed by atoms with Gasteiger partial charge in [0.1, 0.15) is 62.3 Å². The van der Waals surface area contributed by atoms with Gasteiger partial charge in [-0.2, -0.15) is 46.2 Å². The molecule has 0 aliphatic heterocycles. The van der Waals surface area contributed by atoms with Crippen molar-refractivity contribution in [1.29, 1.82) is 10.5 Å². The Hall–Kier alpha value is -16.4. The lowest BCUT2D eigenvalue weighted by Gasteiger charge is -2.19. The molecular weight excluding hydrogens is 1690 g/mol. The number of amides is 3. The number of nitrogens with two attached hydrogens (primary N) is 6. The first kappa shape index (κ1) is 93.9. The largest absolute Gasteiger partial charge is 0.444 e. The summed E-state index contributed by atoms with van der Waals surface area (Å²) >= 11 is 0. The van der Waals surface area contributed by atoms with Crippen LogP contribution in [-0.2, 0) is 46.9 Å². The van der Waals surface area contributed by atoms with Gasteiger partial charge in [0.15, 0.2) is 0 Å². The van der Waals surface area contributed by atoms with Crippen LogP contribution < -0.4 is 93.8 Å². The molecule has 0 saturated heterocycles. The molecule has 0 fully saturated rings. The van der Waals surface area contributed by atoms with E-state index in [1.54, 1.807) is 121 Å². The van der Waals surface area contributed by atoms with Crippen LogP contribution in [0.25, 0.3) is 99.1 Å². The molecule has 0 aliphatic carbocycles. The van der Waals surface area contributed by atoms with Crippen molar-refractivity contribution in [2.24, 2.45) is 11.5 Å². The molecule has 18 rings (SSSR count). The summed E-state index contributed by atoms with van der Waals surface area (Å²) in [6, 6.07) is 42.9. The van der Waals surface area contributed by atoms with Crippen LogP contribution in [0.2, 0.25) is 0 Å². The highest BCUT2D eigenvalue weighted by Gasteiger charge is 2.27. The Bertz CT molecular complexity index is 7490. The van der Waals surface area contributed by atoms with Crippen molar-refractivity contribution in [2.75, 3.05) is 22.9 Å². The van der Waals surface area contributed by atoms with Crippen LogP contribution in [0, 0.1) is 22.7 Å². The van der Waals surface area contributed by atoms with Crippen molar-refractivity contribution >= 4 is 142 Å². The zero-order valence-corrected chi connectivity index (χ0v) is 71.6. The number of nitrogens with one attached hydrogen (secondary N) is 6. The quantitative estimate of drug-likeness (QED) is 0.0406. The molecule has 656 valence electrons. The minimum atomic E-state index is -0.693. The predicted molar refractivity (Wildman–Crippen MR) is 489 cm³/mol. The van der Waals surface area contributed by atoms with Crippen LogP contribution in [0.5, 0.6) is 0 Å². The first-order valence-electron chi connectivity index (χ1n) is 38.5. The van der Waals surface area contributed by atoms with Gasteiger partial charge in [-0.15, -0.1) is 24.8 Å². The van der Waals surface area contributed by atoms with Crippen LogP contribution in [0.1, 0.15) is 101 Å². The lowest BCUT2D eigenvalue weighted by atomic mass is 10.1. The van der Waals surface area contributed by atoms with Gasteiger partial charge in [-0.3, -0.25) is 53.7 Å². The van der Waals surface area contributed by atoms with Gasteiger partial charge in [0.05, 0.1) is 92.9 Å². The molecule has 0 saturated carbocycles. The van der Waals surface area contributed by atoms with Gasteiger partial charge >= 0.3 is 18.3 Å². The molecular formula is C87H85Cl2N25O14. The lowest BCUT2D eigenvalue weighted by molar-refractivity contribution is 0.0512. The maximum absolute atomic E-state index is 11.7. The number of alkyl carbamates (subject to hydrolysis) is 3. The number of aromatic nitrogens is 14. The highest BCUT2D eigenvalue weighted by atomic mass is 35.5. The number of benzene rings is 7. The molecule has 7 heterocycles. The fourth-order valence-corrected chi connectivity index (χ4v) is 12.3. The number of ether oxygens (including phenoxy) is 3. The molecule has 3 amide bonds. The average Bonchev–Trinajstić information content (AvgIpc) is 1.49. The number of hydrogen-bond donors (Lipinski definition) is 12. The Kier molecular flexibility index (Phi) is 28.6. The third kappa shape index (κ3) is 21.6. The second kappa shape index (κ2) is 39.0. The Morgan fingerprint density at radius 3 is 1.01 bits per heavy atom. The summed E-state index contributed by atoms with van der Waals surface area (Å²) < 4.78 is 20.9. The Balaban J connectivity index is 0.000000158. The van der Waals surface area contributed by atoms with E-state index in [9.17, 15) is 52.7 Å². The number of nitrogen functional groups attached to an aromatic ring is 4. The van der Waals surface area contributed by atoms with Crippen molar-refractivity contribution in [3.05, 3.63) is 292 Å². The van der Waals surface area contributed by atoms with Gasteiger partial charge in [-0.05, 0) is 157 Å². The molecule has 0 atom stereocenters. The van der Waals surface area contributed by atoms with E-state index in [4.69, 9.17) is 59.1 Å². The summed E-state index contributed by atoms with van der Waals surface area (Å²) in [6.45, 7) is 18.0. The smallest absolute Gasteiger partial charge is 0.407 e. The first-order chi connectivity index (χ1) is 59.8. The molecule has 0 radical (unpaired) electrons. The van der Waals surface area contributed by atoms with Crippen LogP contribution in [0.4, 0.5) is 37.1 Å². The summed E-state index contributed by atoms with van der Waals surface area (Å²) in [5, 5.41) is 68.4. The molecule has 128 heavy (non-hydrogen) atoms. The molecule has 0 spiro atoms. The molecule has 0 unspecified atom stereocenters. The predicted octanol–water partition coefficient (Wildman–Crippen LogP) is 8.08. The minimum absolute atomic E-state index is 0. The average molecular weight is 1780 g/mol. The van der Waals surface area contributed by atoms with E-state index in [2.05, 4.69) is 79.1 Å². The number of aromatic amines is 3. The number of carbonyl (C=O) groups is 3. The van der Waals surface area contributed by atoms with E-state index >= 15 is 0 Å². The summed E-state index contributed by atoms with van der Waals surface area (Å²) in [4.78, 5) is 126. The Morgan fingerprint density at radius 1 is 0.375 bits per heavy atom. The number of halogens is 2. The number of rotatable bonds is 12. The van der Waals surface area contributed by atoms with Crippen molar-refractivity contribution in [1.82, 2.24) is 85.7 Å². The van der Waals surface area contributed by atoms with Crippen LogP contribution in [0.15, 0.2) is 209 Å². The van der Waals surface area contributed by atoms with Crippen molar-refractivity contribution in [2.45, 2.75) is 112 Å². The fourth-order valence-electron chi connectivity index (χ4n) is 12.3.